The minimum absolute atomic E-state index is 0.404. The van der Waals surface area contributed by atoms with E-state index in [1.807, 2.05) is 0 Å². The number of rotatable bonds is 2. The molecule has 1 heterocycles. The zero-order valence-electron chi connectivity index (χ0n) is 6.71. The van der Waals surface area contributed by atoms with Crippen molar-refractivity contribution in [2.75, 3.05) is 6.61 Å². The van der Waals surface area contributed by atoms with Crippen LogP contribution in [0.2, 0.25) is 0 Å². The minimum atomic E-state index is 0.404. The number of ether oxygens (including phenoxy) is 1. The van der Waals surface area contributed by atoms with E-state index in [0.29, 0.717) is 6.10 Å². The summed E-state index contributed by atoms with van der Waals surface area (Å²) in [5.74, 6) is 0. The van der Waals surface area contributed by atoms with Gasteiger partial charge in [-0.3, -0.25) is 0 Å². The number of hydrogen-bond donors (Lipinski definition) is 0. The van der Waals surface area contributed by atoms with E-state index in [9.17, 15) is 0 Å². The van der Waals surface area contributed by atoms with Gasteiger partial charge in [0.1, 0.15) is 6.10 Å². The highest BCUT2D eigenvalue weighted by Crippen LogP contribution is 2.29. The molecule has 1 aromatic rings. The van der Waals surface area contributed by atoms with Crippen molar-refractivity contribution in [1.29, 1.82) is 0 Å². The smallest absolute Gasteiger partial charge is 0.106 e. The minimum Gasteiger partial charge on any atom is -0.368 e. The van der Waals surface area contributed by atoms with Crippen LogP contribution in [0, 0.1) is 0 Å². The molecule has 58 valence electrons. The molecule has 1 heteroatoms. The summed E-state index contributed by atoms with van der Waals surface area (Å²) in [4.78, 5) is 0. The Bertz CT molecular complexity index is 234. The zero-order chi connectivity index (χ0) is 7.68. The Labute approximate surface area is 67.0 Å². The molecular formula is C10H12O. The molecule has 0 radical (unpaired) electrons. The third kappa shape index (κ3) is 1.43. The molecule has 0 aliphatic carbocycles. The van der Waals surface area contributed by atoms with Crippen molar-refractivity contribution >= 4 is 0 Å². The topological polar surface area (TPSA) is 12.5 Å². The van der Waals surface area contributed by atoms with Crippen molar-refractivity contribution in [3.8, 4) is 0 Å². The van der Waals surface area contributed by atoms with Crippen molar-refractivity contribution in [3.63, 3.8) is 0 Å². The molecule has 11 heavy (non-hydrogen) atoms. The second kappa shape index (κ2) is 2.67. The number of epoxide rings is 1. The Hall–Kier alpha value is -0.820. The summed E-state index contributed by atoms with van der Waals surface area (Å²) in [7, 11) is 0. The molecule has 0 saturated carbocycles. The molecule has 0 aromatic heterocycles. The molecule has 1 saturated heterocycles. The summed E-state index contributed by atoms with van der Waals surface area (Å²) in [5, 5.41) is 0. The van der Waals surface area contributed by atoms with E-state index in [0.717, 1.165) is 13.0 Å². The van der Waals surface area contributed by atoms with Crippen LogP contribution < -0.4 is 0 Å². The van der Waals surface area contributed by atoms with Gasteiger partial charge in [0.25, 0.3) is 0 Å². The van der Waals surface area contributed by atoms with Crippen molar-refractivity contribution in [3.05, 3.63) is 35.4 Å². The van der Waals surface area contributed by atoms with Gasteiger partial charge in [0.2, 0.25) is 0 Å². The highest BCUT2D eigenvalue weighted by atomic mass is 16.6. The average Bonchev–Trinajstić information content (AvgIpc) is 2.87. The van der Waals surface area contributed by atoms with Crippen LogP contribution in [0.4, 0.5) is 0 Å². The van der Waals surface area contributed by atoms with Crippen LogP contribution in [0.15, 0.2) is 24.3 Å². The molecule has 1 nitrogen and oxygen atoms in total. The predicted octanol–water partition coefficient (Wildman–Crippen LogP) is 2.32. The quantitative estimate of drug-likeness (QED) is 0.586. The summed E-state index contributed by atoms with van der Waals surface area (Å²) in [6, 6.07) is 8.68. The third-order valence-electron chi connectivity index (χ3n) is 2.09. The molecule has 1 aromatic carbocycles. The van der Waals surface area contributed by atoms with Gasteiger partial charge < -0.3 is 4.74 Å². The molecule has 1 aliphatic rings. The summed E-state index contributed by atoms with van der Waals surface area (Å²) in [6.45, 7) is 3.08. The largest absolute Gasteiger partial charge is 0.368 e. The molecule has 0 bridgehead atoms. The Morgan fingerprint density at radius 3 is 2.45 bits per heavy atom. The van der Waals surface area contributed by atoms with Gasteiger partial charge in [-0.15, -0.1) is 0 Å². The fourth-order valence-electron chi connectivity index (χ4n) is 1.21. The second-order valence-electron chi connectivity index (χ2n) is 2.92. The summed E-state index contributed by atoms with van der Waals surface area (Å²) in [5.41, 5.74) is 2.72. The van der Waals surface area contributed by atoms with Gasteiger partial charge in [0.05, 0.1) is 6.61 Å². The van der Waals surface area contributed by atoms with Crippen LogP contribution in [0.1, 0.15) is 24.2 Å². The van der Waals surface area contributed by atoms with Crippen LogP contribution in [-0.2, 0) is 11.2 Å². The summed E-state index contributed by atoms with van der Waals surface area (Å²) >= 11 is 0. The van der Waals surface area contributed by atoms with Crippen molar-refractivity contribution in [2.45, 2.75) is 19.4 Å². The third-order valence-corrected chi connectivity index (χ3v) is 2.09. The van der Waals surface area contributed by atoms with Crippen LogP contribution in [0.3, 0.4) is 0 Å². The van der Waals surface area contributed by atoms with E-state index in [2.05, 4.69) is 31.2 Å². The molecule has 1 fully saturated rings. The van der Waals surface area contributed by atoms with Crippen LogP contribution >= 0.6 is 0 Å². The lowest BCUT2D eigenvalue weighted by Crippen LogP contribution is -1.82. The van der Waals surface area contributed by atoms with E-state index in [1.165, 1.54) is 11.1 Å². The van der Waals surface area contributed by atoms with Gasteiger partial charge in [0, 0.05) is 0 Å². The Morgan fingerprint density at radius 1 is 1.36 bits per heavy atom. The summed E-state index contributed by atoms with van der Waals surface area (Å²) in [6.07, 6.45) is 1.52. The molecule has 0 spiro atoms. The predicted molar refractivity (Wildman–Crippen MR) is 44.5 cm³/mol. The van der Waals surface area contributed by atoms with Crippen molar-refractivity contribution in [1.82, 2.24) is 0 Å². The Balaban J connectivity index is 2.19. The van der Waals surface area contributed by atoms with Gasteiger partial charge in [-0.2, -0.15) is 0 Å². The van der Waals surface area contributed by atoms with E-state index in [-0.39, 0.29) is 0 Å². The van der Waals surface area contributed by atoms with E-state index < -0.39 is 0 Å². The standard InChI is InChI=1S/C10H12O/c1-2-8-3-5-9(6-4-8)10-7-11-10/h3-6,10H,2,7H2,1H3/t10-/m1/s1. The zero-order valence-corrected chi connectivity index (χ0v) is 6.71. The van der Waals surface area contributed by atoms with Crippen LogP contribution in [-0.4, -0.2) is 6.61 Å². The van der Waals surface area contributed by atoms with E-state index in [4.69, 9.17) is 4.74 Å². The first kappa shape index (κ1) is 6.86. The van der Waals surface area contributed by atoms with Gasteiger partial charge in [-0.05, 0) is 17.5 Å². The SMILES string of the molecule is CCc1ccc([C@H]2CO2)cc1. The average molecular weight is 148 g/mol. The first-order valence-corrected chi connectivity index (χ1v) is 4.10. The van der Waals surface area contributed by atoms with Crippen molar-refractivity contribution in [2.24, 2.45) is 0 Å². The van der Waals surface area contributed by atoms with Crippen LogP contribution in [0.25, 0.3) is 0 Å². The lowest BCUT2D eigenvalue weighted by molar-refractivity contribution is 0.415. The lowest BCUT2D eigenvalue weighted by atomic mass is 10.1. The fourth-order valence-corrected chi connectivity index (χ4v) is 1.21. The monoisotopic (exact) mass is 148 g/mol. The number of benzene rings is 1. The molecule has 1 atom stereocenters. The first-order chi connectivity index (χ1) is 5.40. The Morgan fingerprint density at radius 2 is 2.00 bits per heavy atom. The molecule has 0 unspecified atom stereocenters. The molecule has 1 aliphatic heterocycles. The molecule has 2 rings (SSSR count). The van der Waals surface area contributed by atoms with E-state index in [1.54, 1.807) is 0 Å². The van der Waals surface area contributed by atoms with Gasteiger partial charge in [0.15, 0.2) is 0 Å². The van der Waals surface area contributed by atoms with Gasteiger partial charge in [-0.25, -0.2) is 0 Å². The highest BCUT2D eigenvalue weighted by molar-refractivity contribution is 5.25. The maximum Gasteiger partial charge on any atom is 0.106 e. The second-order valence-corrected chi connectivity index (χ2v) is 2.92. The van der Waals surface area contributed by atoms with E-state index >= 15 is 0 Å². The Kier molecular flexibility index (Phi) is 1.66. The fraction of sp³-hybridized carbons (Fsp3) is 0.400. The van der Waals surface area contributed by atoms with Gasteiger partial charge >= 0.3 is 0 Å². The normalized spacial score (nSPS) is 21.7. The molecular weight excluding hydrogens is 136 g/mol. The molecule has 0 N–H and O–H groups in total. The van der Waals surface area contributed by atoms with Gasteiger partial charge in [-0.1, -0.05) is 31.2 Å². The van der Waals surface area contributed by atoms with Crippen LogP contribution in [0.5, 0.6) is 0 Å². The number of hydrogen-bond acceptors (Lipinski definition) is 1. The summed E-state index contributed by atoms with van der Waals surface area (Å²) < 4.78 is 5.17. The van der Waals surface area contributed by atoms with Crippen molar-refractivity contribution < 1.29 is 4.74 Å². The highest BCUT2D eigenvalue weighted by Gasteiger charge is 2.23. The number of aryl methyl sites for hydroxylation is 1. The maximum atomic E-state index is 5.17. The first-order valence-electron chi connectivity index (χ1n) is 4.10. The lowest BCUT2D eigenvalue weighted by Gasteiger charge is -1.97. The molecule has 0 amide bonds. The maximum absolute atomic E-state index is 5.17.